The van der Waals surface area contributed by atoms with Crippen LogP contribution in [0.1, 0.15) is 0 Å². The Balaban J connectivity index is 0.000000236. The van der Waals surface area contributed by atoms with Gasteiger partial charge in [-0.15, -0.1) is 10.2 Å². The number of nitro groups is 6. The number of nitrogens with two attached hydrogens (primary N) is 3. The second kappa shape index (κ2) is 13.2. The van der Waals surface area contributed by atoms with E-state index in [1.165, 1.54) is 6.20 Å². The van der Waals surface area contributed by atoms with E-state index >= 15 is 0 Å². The van der Waals surface area contributed by atoms with E-state index in [-0.39, 0.29) is 5.95 Å². The molecule has 2 heterocycles. The maximum atomic E-state index is 10.4. The van der Waals surface area contributed by atoms with E-state index in [1.54, 1.807) is 0 Å². The van der Waals surface area contributed by atoms with Crippen LogP contribution in [0.4, 0.5) is 45.9 Å². The molecule has 4 rings (SSSR count). The third-order valence-electron chi connectivity index (χ3n) is 4.95. The summed E-state index contributed by atoms with van der Waals surface area (Å²) in [5.41, 5.74) is 5.52. The third-order valence-corrected chi connectivity index (χ3v) is 4.95. The molecule has 0 saturated heterocycles. The molecule has 28 nitrogen and oxygen atoms in total. The smallest absolute Gasteiger partial charge is 0.324 e. The molecule has 4 aromatic rings. The monoisotopic (exact) mass is 638 g/mol. The summed E-state index contributed by atoms with van der Waals surface area (Å²) < 4.78 is 1.14. The van der Waals surface area contributed by atoms with Crippen LogP contribution in [-0.4, -0.2) is 64.8 Å². The number of nitro benzene ring substituents is 6. The van der Waals surface area contributed by atoms with E-state index in [9.17, 15) is 60.7 Å². The van der Waals surface area contributed by atoms with Gasteiger partial charge in [0.15, 0.2) is 5.82 Å². The highest BCUT2D eigenvalue weighted by molar-refractivity contribution is 5.68. The van der Waals surface area contributed by atoms with E-state index < -0.39 is 75.2 Å². The number of H-pyrrole nitrogens is 1. The second-order valence-corrected chi connectivity index (χ2v) is 7.66. The van der Waals surface area contributed by atoms with Crippen LogP contribution in [0.2, 0.25) is 0 Å². The number of hydrogen-bond donors (Lipinski definition) is 6. The number of rotatable bonds is 7. The maximum Gasteiger partial charge on any atom is 0.324 e. The molecular weight excluding hydrogens is 624 g/mol. The van der Waals surface area contributed by atoms with Crippen molar-refractivity contribution in [3.63, 3.8) is 0 Å². The first-order valence-electron chi connectivity index (χ1n) is 10.7. The van der Waals surface area contributed by atoms with Crippen LogP contribution < -0.4 is 17.3 Å². The number of aromatic hydroxyl groups is 2. The first-order valence-corrected chi connectivity index (χ1v) is 10.7. The summed E-state index contributed by atoms with van der Waals surface area (Å²) in [6.07, 6.45) is 1.50. The highest BCUT2D eigenvalue weighted by Gasteiger charge is 2.31. The molecule has 28 heteroatoms. The summed E-state index contributed by atoms with van der Waals surface area (Å²) in [4.78, 5) is 55.5. The van der Waals surface area contributed by atoms with E-state index in [0.717, 1.165) is 4.68 Å². The van der Waals surface area contributed by atoms with Gasteiger partial charge in [0, 0.05) is 0 Å². The predicted molar refractivity (Wildman–Crippen MR) is 143 cm³/mol. The lowest BCUT2D eigenvalue weighted by atomic mass is 10.2. The summed E-state index contributed by atoms with van der Waals surface area (Å²) in [6, 6.07) is 1.79. The van der Waals surface area contributed by atoms with Crippen molar-refractivity contribution in [1.29, 1.82) is 0 Å². The minimum absolute atomic E-state index is 0.121. The summed E-state index contributed by atoms with van der Waals surface area (Å²) in [6.45, 7) is 0. The number of non-ortho nitro benzene ring substituents is 2. The fraction of sp³-hybridized carbons (Fsp3) is 0. The van der Waals surface area contributed by atoms with Crippen molar-refractivity contribution in [2.75, 3.05) is 17.3 Å². The van der Waals surface area contributed by atoms with Crippen molar-refractivity contribution in [2.24, 2.45) is 0 Å². The van der Waals surface area contributed by atoms with Gasteiger partial charge in [-0.25, -0.2) is 4.68 Å². The van der Waals surface area contributed by atoms with Crippen LogP contribution in [0.15, 0.2) is 30.5 Å². The molecule has 0 amide bonds. The number of anilines is 2. The minimum Gasteiger partial charge on any atom is -0.497 e. The normalized spacial score (nSPS) is 9.96. The lowest BCUT2D eigenvalue weighted by Gasteiger charge is -1.98. The molecule has 45 heavy (non-hydrogen) atoms. The molecule has 0 saturated carbocycles. The van der Waals surface area contributed by atoms with E-state index in [1.807, 2.05) is 0 Å². The quantitative estimate of drug-likeness (QED) is 0.0924. The van der Waals surface area contributed by atoms with Gasteiger partial charge in [0.25, 0.3) is 22.9 Å². The summed E-state index contributed by atoms with van der Waals surface area (Å²) in [5.74, 6) is 3.99. The topological polar surface area (TPSA) is 437 Å². The molecule has 0 fully saturated rings. The Labute approximate surface area is 242 Å². The lowest BCUT2D eigenvalue weighted by molar-refractivity contribution is -0.404. The summed E-state index contributed by atoms with van der Waals surface area (Å²) in [5, 5.41) is 94.0. The molecule has 0 spiro atoms. The number of phenolic OH excluding ortho intramolecular Hbond substituents is 2. The largest absolute Gasteiger partial charge is 0.497 e. The van der Waals surface area contributed by atoms with Crippen molar-refractivity contribution < 1.29 is 39.8 Å². The molecule has 0 unspecified atom stereocenters. The molecule has 236 valence electrons. The van der Waals surface area contributed by atoms with Crippen molar-refractivity contribution in [1.82, 2.24) is 25.1 Å². The number of aromatic nitrogens is 5. The van der Waals surface area contributed by atoms with Crippen molar-refractivity contribution in [2.45, 2.75) is 0 Å². The van der Waals surface area contributed by atoms with Crippen molar-refractivity contribution >= 4 is 45.9 Å². The van der Waals surface area contributed by atoms with Crippen LogP contribution in [0, 0.1) is 60.7 Å². The zero-order valence-electron chi connectivity index (χ0n) is 21.4. The summed E-state index contributed by atoms with van der Waals surface area (Å²) in [7, 11) is 0. The molecule has 0 radical (unpaired) electrons. The van der Waals surface area contributed by atoms with Crippen LogP contribution in [0.3, 0.4) is 0 Å². The van der Waals surface area contributed by atoms with Gasteiger partial charge >= 0.3 is 22.7 Å². The van der Waals surface area contributed by atoms with Crippen LogP contribution in [-0.2, 0) is 0 Å². The van der Waals surface area contributed by atoms with Gasteiger partial charge in [-0.3, -0.25) is 65.8 Å². The maximum absolute atomic E-state index is 10.4. The first-order chi connectivity index (χ1) is 20.9. The van der Waals surface area contributed by atoms with Crippen molar-refractivity contribution in [3.8, 4) is 22.9 Å². The van der Waals surface area contributed by atoms with Gasteiger partial charge < -0.3 is 27.5 Å². The number of nitrogens with zero attached hydrogens (tertiary/aromatic N) is 10. The SMILES string of the molecule is Nc1[nH]ncc1-c1nnc(N)n1N.O=[N+]([O-])c1cc([N+](=O)[O-])c(O)c([N+](=O)[O-])c1.O=[N+]([O-])c1cc([N+](=O)[O-])c(O)c([N+](=O)[O-])c1. The number of phenols is 2. The zero-order valence-corrected chi connectivity index (χ0v) is 21.4. The molecule has 0 atom stereocenters. The predicted octanol–water partition coefficient (Wildman–Crippen LogP) is 0.780. The first kappa shape index (κ1) is 33.4. The Morgan fingerprint density at radius 1 is 0.644 bits per heavy atom. The summed E-state index contributed by atoms with van der Waals surface area (Å²) >= 11 is 0. The van der Waals surface area contributed by atoms with Crippen LogP contribution in [0.25, 0.3) is 11.4 Å². The zero-order chi connectivity index (χ0) is 34.3. The highest BCUT2D eigenvalue weighted by atomic mass is 16.7. The van der Waals surface area contributed by atoms with Gasteiger partial charge in [0.2, 0.25) is 5.95 Å². The molecule has 2 aromatic heterocycles. The molecule has 0 aliphatic rings. The molecule has 0 aliphatic heterocycles. The number of nitrogen functional groups attached to an aromatic ring is 3. The van der Waals surface area contributed by atoms with Gasteiger partial charge in [0.1, 0.15) is 5.82 Å². The Morgan fingerprint density at radius 2 is 1.00 bits per heavy atom. The Kier molecular flexibility index (Phi) is 9.82. The fourth-order valence-corrected chi connectivity index (χ4v) is 2.91. The number of nitrogens with one attached hydrogen (secondary N) is 1. The minimum atomic E-state index is -1.21. The number of benzene rings is 2. The molecule has 0 aliphatic carbocycles. The number of hydrogen-bond acceptors (Lipinski definition) is 20. The average Bonchev–Trinajstić information content (AvgIpc) is 3.52. The van der Waals surface area contributed by atoms with Gasteiger partial charge in [0.05, 0.1) is 65.6 Å². The van der Waals surface area contributed by atoms with E-state index in [4.69, 9.17) is 27.5 Å². The molecule has 0 bridgehead atoms. The Bertz CT molecular complexity index is 1690. The standard InChI is InChI=1S/2C6H3N3O7.C5H8N8/c2*10-6-4(8(13)14)1-3(7(11)12)2-5(6)9(15)16;6-3-2(1-9-10-3)4-11-12-5(7)13(4)8/h2*1-2,10H;1H,8H2,(H2,7,12)(H3,6,9,10). The van der Waals surface area contributed by atoms with E-state index in [2.05, 4.69) is 20.4 Å². The second-order valence-electron chi connectivity index (χ2n) is 7.66. The highest BCUT2D eigenvalue weighted by Crippen LogP contribution is 2.40. The Morgan fingerprint density at radius 3 is 1.22 bits per heavy atom. The van der Waals surface area contributed by atoms with Gasteiger partial charge in [-0.2, -0.15) is 5.10 Å². The van der Waals surface area contributed by atoms with Crippen molar-refractivity contribution in [3.05, 3.63) is 91.1 Å². The van der Waals surface area contributed by atoms with Gasteiger partial charge in [-0.05, 0) is 0 Å². The van der Waals surface area contributed by atoms with Crippen LogP contribution in [0.5, 0.6) is 11.5 Å². The lowest BCUT2D eigenvalue weighted by Crippen LogP contribution is -2.13. The van der Waals surface area contributed by atoms with Crippen LogP contribution >= 0.6 is 0 Å². The van der Waals surface area contributed by atoms with Gasteiger partial charge in [-0.1, -0.05) is 0 Å². The fourth-order valence-electron chi connectivity index (χ4n) is 2.91. The van der Waals surface area contributed by atoms with E-state index in [0.29, 0.717) is 41.5 Å². The average molecular weight is 638 g/mol. The molecular formula is C17H14N14O14. The number of aromatic amines is 1. The third kappa shape index (κ3) is 7.48. The molecule has 9 N–H and O–H groups in total. The Hall–Kier alpha value is -7.81. The molecule has 2 aromatic carbocycles.